The minimum absolute atomic E-state index is 0.257. The summed E-state index contributed by atoms with van der Waals surface area (Å²) in [7, 11) is 0. The molecule has 4 nitrogen and oxygen atoms in total. The van der Waals surface area contributed by atoms with E-state index >= 15 is 0 Å². The van der Waals surface area contributed by atoms with Crippen molar-refractivity contribution in [3.05, 3.63) is 0 Å². The van der Waals surface area contributed by atoms with Crippen molar-refractivity contribution in [1.29, 1.82) is 0 Å². The fourth-order valence-electron chi connectivity index (χ4n) is 1.60. The van der Waals surface area contributed by atoms with Gasteiger partial charge in [-0.15, -0.1) is 0 Å². The Hall–Kier alpha value is -0.420. The molecule has 5 heteroatoms. The number of hydrazine groups is 1. The van der Waals surface area contributed by atoms with Crippen LogP contribution in [0.2, 0.25) is 0 Å². The lowest BCUT2D eigenvalue weighted by Crippen LogP contribution is -2.43. The molecule has 0 aliphatic heterocycles. The molecule has 0 aromatic rings. The quantitative estimate of drug-likeness (QED) is 0.287. The molecule has 1 fully saturated rings. The van der Waals surface area contributed by atoms with Crippen molar-refractivity contribution >= 4 is 17.7 Å². The van der Waals surface area contributed by atoms with Gasteiger partial charge in [0.25, 0.3) is 0 Å². The molecule has 0 spiro atoms. The molecule has 16 heavy (non-hydrogen) atoms. The van der Waals surface area contributed by atoms with Crippen molar-refractivity contribution in [2.75, 3.05) is 12.8 Å². The molecule has 0 aromatic carbocycles. The standard InChI is InChI=1S/C11H24N4S/c1-4-11(5-2,16-3)8-13-10(15-12)14-9-6-7-9/h9H,4-8,12H2,1-3H3,(H2,13,14,15). The van der Waals surface area contributed by atoms with E-state index in [-0.39, 0.29) is 4.75 Å². The van der Waals surface area contributed by atoms with E-state index in [4.69, 9.17) is 5.84 Å². The monoisotopic (exact) mass is 244 g/mol. The van der Waals surface area contributed by atoms with Gasteiger partial charge in [0.15, 0.2) is 0 Å². The van der Waals surface area contributed by atoms with Gasteiger partial charge in [-0.1, -0.05) is 13.8 Å². The Morgan fingerprint density at radius 1 is 1.44 bits per heavy atom. The minimum Gasteiger partial charge on any atom is -0.353 e. The van der Waals surface area contributed by atoms with Crippen LogP contribution in [0.15, 0.2) is 4.99 Å². The van der Waals surface area contributed by atoms with Gasteiger partial charge in [-0.05, 0) is 31.9 Å². The van der Waals surface area contributed by atoms with Crippen LogP contribution in [-0.4, -0.2) is 29.5 Å². The van der Waals surface area contributed by atoms with E-state index in [1.807, 2.05) is 11.8 Å². The highest BCUT2D eigenvalue weighted by Crippen LogP contribution is 2.30. The minimum atomic E-state index is 0.257. The number of aliphatic imine (C=N–C) groups is 1. The molecule has 1 aliphatic carbocycles. The first kappa shape index (κ1) is 13.6. The second-order valence-corrected chi connectivity index (χ2v) is 5.60. The van der Waals surface area contributed by atoms with Gasteiger partial charge < -0.3 is 5.32 Å². The van der Waals surface area contributed by atoms with E-state index in [2.05, 4.69) is 35.8 Å². The van der Waals surface area contributed by atoms with Crippen LogP contribution in [-0.2, 0) is 0 Å². The molecule has 1 aliphatic rings. The van der Waals surface area contributed by atoms with Gasteiger partial charge in [0, 0.05) is 10.8 Å². The van der Waals surface area contributed by atoms with Crippen LogP contribution in [0.5, 0.6) is 0 Å². The Morgan fingerprint density at radius 3 is 2.44 bits per heavy atom. The third kappa shape index (κ3) is 3.87. The number of thioether (sulfide) groups is 1. The topological polar surface area (TPSA) is 62.4 Å². The summed E-state index contributed by atoms with van der Waals surface area (Å²) in [6.45, 7) is 5.26. The van der Waals surface area contributed by atoms with Gasteiger partial charge in [0.1, 0.15) is 0 Å². The molecule has 0 atom stereocenters. The van der Waals surface area contributed by atoms with Crippen molar-refractivity contribution in [2.45, 2.75) is 50.3 Å². The molecular formula is C11H24N4S. The van der Waals surface area contributed by atoms with Crippen molar-refractivity contribution in [3.8, 4) is 0 Å². The first-order valence-corrected chi connectivity index (χ1v) is 7.25. The molecule has 0 radical (unpaired) electrons. The van der Waals surface area contributed by atoms with Crippen LogP contribution in [0.3, 0.4) is 0 Å². The zero-order valence-corrected chi connectivity index (χ0v) is 11.4. The van der Waals surface area contributed by atoms with Gasteiger partial charge >= 0.3 is 0 Å². The molecule has 0 saturated heterocycles. The summed E-state index contributed by atoms with van der Waals surface area (Å²) in [4.78, 5) is 4.56. The van der Waals surface area contributed by atoms with Gasteiger partial charge in [-0.3, -0.25) is 10.4 Å². The number of nitrogens with two attached hydrogens (primary N) is 1. The van der Waals surface area contributed by atoms with E-state index in [1.54, 1.807) is 0 Å². The maximum atomic E-state index is 5.45. The number of nitrogens with one attached hydrogen (secondary N) is 2. The zero-order valence-electron chi connectivity index (χ0n) is 10.5. The van der Waals surface area contributed by atoms with E-state index < -0.39 is 0 Å². The van der Waals surface area contributed by atoms with Crippen molar-refractivity contribution in [2.24, 2.45) is 10.8 Å². The molecular weight excluding hydrogens is 220 g/mol. The molecule has 94 valence electrons. The maximum Gasteiger partial charge on any atom is 0.205 e. The van der Waals surface area contributed by atoms with Gasteiger partial charge in [-0.2, -0.15) is 11.8 Å². The molecule has 0 amide bonds. The number of hydrogen-bond donors (Lipinski definition) is 3. The van der Waals surface area contributed by atoms with Crippen LogP contribution in [0.25, 0.3) is 0 Å². The summed E-state index contributed by atoms with van der Waals surface area (Å²) in [5, 5.41) is 3.29. The highest BCUT2D eigenvalue weighted by atomic mass is 32.2. The smallest absolute Gasteiger partial charge is 0.205 e. The summed E-state index contributed by atoms with van der Waals surface area (Å²) in [5.41, 5.74) is 2.65. The van der Waals surface area contributed by atoms with Crippen molar-refractivity contribution in [1.82, 2.24) is 10.7 Å². The van der Waals surface area contributed by atoms with E-state index in [9.17, 15) is 0 Å². The van der Waals surface area contributed by atoms with Crippen LogP contribution >= 0.6 is 11.8 Å². The molecule has 4 N–H and O–H groups in total. The Morgan fingerprint density at radius 2 is 2.06 bits per heavy atom. The predicted octanol–water partition coefficient (Wildman–Crippen LogP) is 1.48. The van der Waals surface area contributed by atoms with Gasteiger partial charge in [0.2, 0.25) is 5.96 Å². The lowest BCUT2D eigenvalue weighted by atomic mass is 10.0. The van der Waals surface area contributed by atoms with Crippen LogP contribution < -0.4 is 16.6 Å². The third-order valence-corrected chi connectivity index (χ3v) is 4.87. The number of nitrogens with zero attached hydrogens (tertiary/aromatic N) is 1. The number of guanidine groups is 1. The second kappa shape index (κ2) is 6.35. The summed E-state index contributed by atoms with van der Waals surface area (Å²) in [6, 6.07) is 0.585. The lowest BCUT2D eigenvalue weighted by Gasteiger charge is -2.27. The zero-order chi connectivity index (χ0) is 12.0. The van der Waals surface area contributed by atoms with Crippen LogP contribution in [0.4, 0.5) is 0 Å². The lowest BCUT2D eigenvalue weighted by molar-refractivity contribution is 0.558. The Labute approximate surface area is 103 Å². The Kier molecular flexibility index (Phi) is 5.41. The van der Waals surface area contributed by atoms with E-state index in [0.29, 0.717) is 6.04 Å². The third-order valence-electron chi connectivity index (χ3n) is 3.30. The average molecular weight is 244 g/mol. The summed E-state index contributed by atoms with van der Waals surface area (Å²) in [5.74, 6) is 6.19. The Bertz CT molecular complexity index is 226. The maximum absolute atomic E-state index is 5.45. The van der Waals surface area contributed by atoms with Crippen molar-refractivity contribution < 1.29 is 0 Å². The van der Waals surface area contributed by atoms with E-state index in [1.165, 1.54) is 12.8 Å². The van der Waals surface area contributed by atoms with Crippen molar-refractivity contribution in [3.63, 3.8) is 0 Å². The highest BCUT2D eigenvalue weighted by Gasteiger charge is 2.26. The Balaban J connectivity index is 2.51. The molecule has 1 saturated carbocycles. The normalized spacial score (nSPS) is 17.4. The van der Waals surface area contributed by atoms with Crippen LogP contribution in [0, 0.1) is 0 Å². The number of rotatable bonds is 6. The highest BCUT2D eigenvalue weighted by molar-refractivity contribution is 8.00. The summed E-state index contributed by atoms with van der Waals surface area (Å²) in [6.07, 6.45) is 6.89. The molecule has 0 unspecified atom stereocenters. The molecule has 0 aromatic heterocycles. The second-order valence-electron chi connectivity index (χ2n) is 4.32. The average Bonchev–Trinajstić information content (AvgIpc) is 3.14. The SMILES string of the molecule is CCC(CC)(CN=C(NN)NC1CC1)SC. The molecule has 1 rings (SSSR count). The fraction of sp³-hybridized carbons (Fsp3) is 0.909. The molecule has 0 heterocycles. The fourth-order valence-corrected chi connectivity index (χ4v) is 2.37. The number of hydrogen-bond acceptors (Lipinski definition) is 3. The molecule has 0 bridgehead atoms. The first-order valence-electron chi connectivity index (χ1n) is 6.02. The van der Waals surface area contributed by atoms with Gasteiger partial charge in [0.05, 0.1) is 6.54 Å². The van der Waals surface area contributed by atoms with Crippen LogP contribution in [0.1, 0.15) is 39.5 Å². The summed E-state index contributed by atoms with van der Waals surface area (Å²) < 4.78 is 0.257. The van der Waals surface area contributed by atoms with Gasteiger partial charge in [-0.25, -0.2) is 5.84 Å². The predicted molar refractivity (Wildman–Crippen MR) is 72.6 cm³/mol. The summed E-state index contributed by atoms with van der Waals surface area (Å²) >= 11 is 1.90. The largest absolute Gasteiger partial charge is 0.353 e. The first-order chi connectivity index (χ1) is 7.69. The van der Waals surface area contributed by atoms with E-state index in [0.717, 1.165) is 25.3 Å².